The summed E-state index contributed by atoms with van der Waals surface area (Å²) in [4.78, 5) is 22.1. The lowest BCUT2D eigenvalue weighted by Crippen LogP contribution is -2.17. The van der Waals surface area contributed by atoms with Crippen molar-refractivity contribution < 1.29 is 14.5 Å². The third kappa shape index (κ3) is 3.66. The number of methoxy groups -OCH3 is 1. The lowest BCUT2D eigenvalue weighted by atomic mass is 10.2. The van der Waals surface area contributed by atoms with Gasteiger partial charge in [0.25, 0.3) is 11.6 Å². The summed E-state index contributed by atoms with van der Waals surface area (Å²) in [6.45, 7) is 0. The molecule has 1 N–H and O–H groups in total. The first-order valence-electron chi connectivity index (χ1n) is 6.32. The van der Waals surface area contributed by atoms with E-state index in [2.05, 4.69) is 10.5 Å². The fourth-order valence-corrected chi connectivity index (χ4v) is 1.75. The van der Waals surface area contributed by atoms with Gasteiger partial charge in [-0.2, -0.15) is 5.10 Å². The zero-order valence-electron chi connectivity index (χ0n) is 11.7. The average molecular weight is 299 g/mol. The van der Waals surface area contributed by atoms with Crippen LogP contribution in [0, 0.1) is 10.1 Å². The number of nitro benzene ring substituents is 1. The highest BCUT2D eigenvalue weighted by atomic mass is 16.6. The molecule has 2 rings (SSSR count). The molecule has 0 heterocycles. The van der Waals surface area contributed by atoms with E-state index in [1.165, 1.54) is 31.5 Å². The fourth-order valence-electron chi connectivity index (χ4n) is 1.75. The van der Waals surface area contributed by atoms with Crippen molar-refractivity contribution in [2.45, 2.75) is 0 Å². The van der Waals surface area contributed by atoms with E-state index in [0.717, 1.165) is 0 Å². The van der Waals surface area contributed by atoms with Gasteiger partial charge in [-0.25, -0.2) is 5.43 Å². The molecule has 7 heteroatoms. The van der Waals surface area contributed by atoms with E-state index in [4.69, 9.17) is 4.74 Å². The number of rotatable bonds is 5. The van der Waals surface area contributed by atoms with E-state index < -0.39 is 4.92 Å². The van der Waals surface area contributed by atoms with Gasteiger partial charge in [-0.05, 0) is 18.2 Å². The van der Waals surface area contributed by atoms with E-state index in [1.54, 1.807) is 30.3 Å². The van der Waals surface area contributed by atoms with Crippen LogP contribution < -0.4 is 10.2 Å². The SMILES string of the molecule is COc1ccc([N+](=O)[O-])cc1C=NNC(=O)c1ccccc1. The summed E-state index contributed by atoms with van der Waals surface area (Å²) in [5.41, 5.74) is 3.12. The second-order valence-corrected chi connectivity index (χ2v) is 4.25. The molecule has 0 bridgehead atoms. The van der Waals surface area contributed by atoms with Gasteiger partial charge in [0.1, 0.15) is 5.75 Å². The minimum Gasteiger partial charge on any atom is -0.496 e. The number of amides is 1. The van der Waals surface area contributed by atoms with E-state index >= 15 is 0 Å². The van der Waals surface area contributed by atoms with Gasteiger partial charge in [-0.3, -0.25) is 14.9 Å². The first kappa shape index (κ1) is 15.2. The quantitative estimate of drug-likeness (QED) is 0.521. The highest BCUT2D eigenvalue weighted by Crippen LogP contribution is 2.22. The van der Waals surface area contributed by atoms with Crippen LogP contribution in [0.3, 0.4) is 0 Å². The van der Waals surface area contributed by atoms with Gasteiger partial charge in [0.2, 0.25) is 0 Å². The molecule has 0 spiro atoms. The number of non-ortho nitro benzene ring substituents is 1. The van der Waals surface area contributed by atoms with E-state index in [1.807, 2.05) is 0 Å². The molecule has 0 saturated heterocycles. The first-order valence-corrected chi connectivity index (χ1v) is 6.32. The van der Waals surface area contributed by atoms with Crippen LogP contribution in [0.25, 0.3) is 0 Å². The van der Waals surface area contributed by atoms with Crippen LogP contribution in [-0.4, -0.2) is 24.2 Å². The molecular weight excluding hydrogens is 286 g/mol. The lowest BCUT2D eigenvalue weighted by Gasteiger charge is -2.04. The van der Waals surface area contributed by atoms with Gasteiger partial charge in [-0.1, -0.05) is 18.2 Å². The molecular formula is C15H13N3O4. The molecule has 0 saturated carbocycles. The maximum Gasteiger partial charge on any atom is 0.271 e. The van der Waals surface area contributed by atoms with Crippen molar-refractivity contribution in [3.8, 4) is 5.75 Å². The van der Waals surface area contributed by atoms with Crippen LogP contribution in [0.2, 0.25) is 0 Å². The number of hydrogen-bond donors (Lipinski definition) is 1. The maximum atomic E-state index is 11.8. The largest absolute Gasteiger partial charge is 0.496 e. The highest BCUT2D eigenvalue weighted by Gasteiger charge is 2.10. The number of nitrogens with zero attached hydrogens (tertiary/aromatic N) is 2. The Morgan fingerprint density at radius 2 is 2.00 bits per heavy atom. The zero-order chi connectivity index (χ0) is 15.9. The predicted molar refractivity (Wildman–Crippen MR) is 81.2 cm³/mol. The summed E-state index contributed by atoms with van der Waals surface area (Å²) in [5, 5.41) is 14.6. The number of carbonyl (C=O) groups is 1. The van der Waals surface area contributed by atoms with Gasteiger partial charge in [-0.15, -0.1) is 0 Å². The van der Waals surface area contributed by atoms with Gasteiger partial charge >= 0.3 is 0 Å². The molecule has 0 aliphatic heterocycles. The second-order valence-electron chi connectivity index (χ2n) is 4.25. The van der Waals surface area contributed by atoms with Crippen molar-refractivity contribution in [1.82, 2.24) is 5.43 Å². The van der Waals surface area contributed by atoms with Crippen LogP contribution in [0.5, 0.6) is 5.75 Å². The summed E-state index contributed by atoms with van der Waals surface area (Å²) in [6, 6.07) is 12.7. The smallest absolute Gasteiger partial charge is 0.271 e. The Balaban J connectivity index is 2.14. The summed E-state index contributed by atoms with van der Waals surface area (Å²) < 4.78 is 5.10. The average Bonchev–Trinajstić information content (AvgIpc) is 2.55. The summed E-state index contributed by atoms with van der Waals surface area (Å²) in [6.07, 6.45) is 1.30. The minimum absolute atomic E-state index is 0.0864. The molecule has 0 radical (unpaired) electrons. The second kappa shape index (κ2) is 6.98. The van der Waals surface area contributed by atoms with Gasteiger partial charge in [0.05, 0.1) is 18.2 Å². The standard InChI is InChI=1S/C15H13N3O4/c1-22-14-8-7-13(18(20)21)9-12(14)10-16-17-15(19)11-5-3-2-4-6-11/h2-10H,1H3,(H,17,19). The molecule has 7 nitrogen and oxygen atoms in total. The van der Waals surface area contributed by atoms with Gasteiger partial charge < -0.3 is 4.74 Å². The number of nitro groups is 1. The van der Waals surface area contributed by atoms with Crippen LogP contribution in [0.1, 0.15) is 15.9 Å². The first-order chi connectivity index (χ1) is 10.6. The van der Waals surface area contributed by atoms with Crippen molar-refractivity contribution in [2.75, 3.05) is 7.11 Å². The minimum atomic E-state index is -0.515. The highest BCUT2D eigenvalue weighted by molar-refractivity contribution is 5.95. The van der Waals surface area contributed by atoms with Crippen LogP contribution >= 0.6 is 0 Å². The molecule has 2 aromatic carbocycles. The molecule has 0 fully saturated rings. The Kier molecular flexibility index (Phi) is 4.81. The van der Waals surface area contributed by atoms with Crippen molar-refractivity contribution in [2.24, 2.45) is 5.10 Å². The zero-order valence-corrected chi connectivity index (χ0v) is 11.7. The molecule has 1 amide bonds. The van der Waals surface area contributed by atoms with Crippen molar-refractivity contribution in [1.29, 1.82) is 0 Å². The molecule has 0 atom stereocenters. The topological polar surface area (TPSA) is 93.8 Å². The Morgan fingerprint density at radius 1 is 1.27 bits per heavy atom. The number of benzene rings is 2. The van der Waals surface area contributed by atoms with Gasteiger partial charge in [0.15, 0.2) is 0 Å². The molecule has 2 aromatic rings. The Hall–Kier alpha value is -3.22. The predicted octanol–water partition coefficient (Wildman–Crippen LogP) is 2.37. The van der Waals surface area contributed by atoms with Crippen molar-refractivity contribution >= 4 is 17.8 Å². The molecule has 22 heavy (non-hydrogen) atoms. The Labute approximate surface area is 126 Å². The van der Waals surface area contributed by atoms with Crippen LogP contribution in [0.4, 0.5) is 5.69 Å². The van der Waals surface area contributed by atoms with E-state index in [9.17, 15) is 14.9 Å². The Morgan fingerprint density at radius 3 is 2.64 bits per heavy atom. The normalized spacial score (nSPS) is 10.4. The number of ether oxygens (including phenoxy) is 1. The summed E-state index contributed by atoms with van der Waals surface area (Å²) in [5.74, 6) is 0.0459. The molecule has 0 aromatic heterocycles. The fraction of sp³-hybridized carbons (Fsp3) is 0.0667. The van der Waals surface area contributed by atoms with Crippen LogP contribution in [0.15, 0.2) is 53.6 Å². The third-order valence-electron chi connectivity index (χ3n) is 2.83. The van der Waals surface area contributed by atoms with Crippen LogP contribution in [-0.2, 0) is 0 Å². The van der Waals surface area contributed by atoms with E-state index in [0.29, 0.717) is 16.9 Å². The lowest BCUT2D eigenvalue weighted by molar-refractivity contribution is -0.384. The number of hydrogen-bond acceptors (Lipinski definition) is 5. The monoisotopic (exact) mass is 299 g/mol. The number of carbonyl (C=O) groups excluding carboxylic acids is 1. The molecule has 112 valence electrons. The van der Waals surface area contributed by atoms with E-state index in [-0.39, 0.29) is 11.6 Å². The van der Waals surface area contributed by atoms with Crippen molar-refractivity contribution in [3.63, 3.8) is 0 Å². The van der Waals surface area contributed by atoms with Crippen molar-refractivity contribution in [3.05, 3.63) is 69.8 Å². The molecule has 0 aliphatic rings. The number of nitrogens with one attached hydrogen (secondary N) is 1. The third-order valence-corrected chi connectivity index (χ3v) is 2.83. The maximum absolute atomic E-state index is 11.8. The Bertz CT molecular complexity index is 714. The summed E-state index contributed by atoms with van der Waals surface area (Å²) in [7, 11) is 1.45. The number of hydrazone groups is 1. The molecule has 0 aliphatic carbocycles. The van der Waals surface area contributed by atoms with Gasteiger partial charge in [0, 0.05) is 23.3 Å². The summed E-state index contributed by atoms with van der Waals surface area (Å²) >= 11 is 0. The molecule has 0 unspecified atom stereocenters.